The van der Waals surface area contributed by atoms with Crippen LogP contribution in [0, 0.1) is 0 Å². The van der Waals surface area contributed by atoms with Crippen molar-refractivity contribution in [3.05, 3.63) is 48.5 Å². The molecule has 0 aliphatic heterocycles. The van der Waals surface area contributed by atoms with Crippen LogP contribution in [0.25, 0.3) is 0 Å². The highest BCUT2D eigenvalue weighted by Gasteiger charge is 2.20. The summed E-state index contributed by atoms with van der Waals surface area (Å²) < 4.78 is 24.1. The van der Waals surface area contributed by atoms with Gasteiger partial charge in [-0.05, 0) is 24.3 Å². The summed E-state index contributed by atoms with van der Waals surface area (Å²) in [6.45, 7) is 0. The lowest BCUT2D eigenvalue weighted by atomic mass is 10.3. The van der Waals surface area contributed by atoms with Gasteiger partial charge in [0.2, 0.25) is 0 Å². The molecule has 18 heavy (non-hydrogen) atoms. The van der Waals surface area contributed by atoms with E-state index in [2.05, 4.69) is 0 Å². The zero-order chi connectivity index (χ0) is 13.1. The van der Waals surface area contributed by atoms with E-state index in [1.807, 2.05) is 0 Å². The highest BCUT2D eigenvalue weighted by atomic mass is 33.1. The van der Waals surface area contributed by atoms with E-state index in [1.54, 1.807) is 24.3 Å². The average molecular weight is 282 g/mol. The van der Waals surface area contributed by atoms with E-state index in [0.717, 1.165) is 0 Å². The van der Waals surface area contributed by atoms with Crippen molar-refractivity contribution in [1.29, 1.82) is 0 Å². The van der Waals surface area contributed by atoms with Gasteiger partial charge in [0.25, 0.3) is 0 Å². The predicted molar refractivity (Wildman–Crippen MR) is 69.0 cm³/mol. The molecule has 2 aromatic rings. The second kappa shape index (κ2) is 5.32. The number of aromatic hydroxyl groups is 2. The zero-order valence-electron chi connectivity index (χ0n) is 9.15. The minimum Gasteiger partial charge on any atom is -0.507 e. The molecule has 4 nitrogen and oxygen atoms in total. The lowest BCUT2D eigenvalue weighted by Crippen LogP contribution is -2.01. The van der Waals surface area contributed by atoms with Crippen LogP contribution in [0.2, 0.25) is 0 Å². The summed E-state index contributed by atoms with van der Waals surface area (Å²) in [6, 6.07) is 12.0. The number of phenolic OH excluding ortho intramolecular Hbond substituents is 2. The fourth-order valence-electron chi connectivity index (χ4n) is 1.36. The molecular formula is C12H10O4S2. The molecule has 94 valence electrons. The number of phenols is 2. The van der Waals surface area contributed by atoms with Crippen LogP contribution in [0.15, 0.2) is 58.3 Å². The summed E-state index contributed by atoms with van der Waals surface area (Å²) in [6.07, 6.45) is 0. The highest BCUT2D eigenvalue weighted by Crippen LogP contribution is 2.28. The van der Waals surface area contributed by atoms with Gasteiger partial charge in [0.05, 0.1) is 9.79 Å². The summed E-state index contributed by atoms with van der Waals surface area (Å²) in [5.41, 5.74) is 0. The molecule has 2 N–H and O–H groups in total. The molecule has 0 spiro atoms. The molecule has 0 fully saturated rings. The molecule has 6 heteroatoms. The number of rotatable bonds is 3. The van der Waals surface area contributed by atoms with Crippen molar-refractivity contribution in [3.63, 3.8) is 0 Å². The molecule has 2 aromatic carbocycles. The molecule has 0 saturated heterocycles. The first kappa shape index (κ1) is 12.8. The van der Waals surface area contributed by atoms with Crippen molar-refractivity contribution in [2.45, 2.75) is 9.79 Å². The van der Waals surface area contributed by atoms with Crippen LogP contribution >= 0.6 is 0 Å². The van der Waals surface area contributed by atoms with Gasteiger partial charge in [-0.25, -0.2) is 8.42 Å². The van der Waals surface area contributed by atoms with Crippen LogP contribution in [0.3, 0.4) is 0 Å². The lowest BCUT2D eigenvalue weighted by Gasteiger charge is -2.05. The highest BCUT2D eigenvalue weighted by molar-refractivity contribution is 8.61. The van der Waals surface area contributed by atoms with Crippen molar-refractivity contribution >= 4 is 19.7 Å². The Hall–Kier alpha value is -1.66. The number of benzene rings is 2. The first-order valence-corrected chi connectivity index (χ1v) is 7.83. The van der Waals surface area contributed by atoms with Crippen LogP contribution in [0.1, 0.15) is 0 Å². The maximum absolute atomic E-state index is 12.1. The average Bonchev–Trinajstić information content (AvgIpc) is 2.38. The Bertz CT molecular complexity index is 569. The first-order chi connectivity index (χ1) is 8.61. The predicted octanol–water partition coefficient (Wildman–Crippen LogP) is 1.93. The topological polar surface area (TPSA) is 74.6 Å². The van der Waals surface area contributed by atoms with E-state index in [1.165, 1.54) is 24.3 Å². The summed E-state index contributed by atoms with van der Waals surface area (Å²) in [5, 5.41) is 19.1. The zero-order valence-corrected chi connectivity index (χ0v) is 10.8. The van der Waals surface area contributed by atoms with E-state index in [-0.39, 0.29) is 21.3 Å². The molecule has 0 bridgehead atoms. The summed E-state index contributed by atoms with van der Waals surface area (Å²) in [5.74, 6) is -0.362. The van der Waals surface area contributed by atoms with E-state index in [0.29, 0.717) is 0 Å². The second-order valence-corrected chi connectivity index (χ2v) is 7.04. The van der Waals surface area contributed by atoms with E-state index in [9.17, 15) is 18.6 Å². The third-order valence-electron chi connectivity index (χ3n) is 2.23. The second-order valence-electron chi connectivity index (χ2n) is 3.40. The third kappa shape index (κ3) is 2.44. The molecule has 0 unspecified atom stereocenters. The van der Waals surface area contributed by atoms with Gasteiger partial charge in [0.15, 0.2) is 19.7 Å². The van der Waals surface area contributed by atoms with Crippen LogP contribution in [0.4, 0.5) is 0 Å². The summed E-state index contributed by atoms with van der Waals surface area (Å²) in [4.78, 5) is 0.165. The fourth-order valence-corrected chi connectivity index (χ4v) is 4.37. The van der Waals surface area contributed by atoms with E-state index >= 15 is 0 Å². The van der Waals surface area contributed by atoms with Gasteiger partial charge in [-0.2, -0.15) is 0 Å². The molecular weight excluding hydrogens is 272 g/mol. The van der Waals surface area contributed by atoms with Crippen molar-refractivity contribution in [3.8, 4) is 11.5 Å². The molecule has 0 aliphatic rings. The largest absolute Gasteiger partial charge is 0.507 e. The Kier molecular flexibility index (Phi) is 3.78. The summed E-state index contributed by atoms with van der Waals surface area (Å²) >= 11 is 0. The van der Waals surface area contributed by atoms with Crippen LogP contribution in [-0.2, 0) is 19.7 Å². The molecule has 0 amide bonds. The standard InChI is InChI=1S/C12H10O4S2/c13-9-5-1-3-7-11(9)17(15)18(16)12-8-4-2-6-10(12)14/h1-8,13-14H/t17-,18-/m1/s1. The monoisotopic (exact) mass is 282 g/mol. The number of hydrogen-bond acceptors (Lipinski definition) is 4. The lowest BCUT2D eigenvalue weighted by molar-refractivity contribution is 0.460. The molecule has 0 aliphatic carbocycles. The van der Waals surface area contributed by atoms with Crippen LogP contribution in [0.5, 0.6) is 11.5 Å². The van der Waals surface area contributed by atoms with Crippen molar-refractivity contribution in [2.75, 3.05) is 0 Å². The summed E-state index contributed by atoms with van der Waals surface area (Å²) in [7, 11) is -3.88. The van der Waals surface area contributed by atoms with Gasteiger partial charge >= 0.3 is 0 Å². The van der Waals surface area contributed by atoms with Crippen molar-refractivity contribution < 1.29 is 18.6 Å². The quantitative estimate of drug-likeness (QED) is 0.844. The van der Waals surface area contributed by atoms with Gasteiger partial charge in [-0.1, -0.05) is 24.3 Å². The Morgan fingerprint density at radius 2 is 1.00 bits per heavy atom. The SMILES string of the molecule is O=[S@@](c1ccccc1O)[S@@](=O)c1ccccc1O. The molecule has 2 atom stereocenters. The van der Waals surface area contributed by atoms with Gasteiger partial charge in [-0.3, -0.25) is 0 Å². The maximum Gasteiger partial charge on any atom is 0.151 e. The van der Waals surface area contributed by atoms with Gasteiger partial charge < -0.3 is 10.2 Å². The minimum atomic E-state index is -1.94. The van der Waals surface area contributed by atoms with Crippen molar-refractivity contribution in [1.82, 2.24) is 0 Å². The van der Waals surface area contributed by atoms with Crippen LogP contribution < -0.4 is 0 Å². The smallest absolute Gasteiger partial charge is 0.151 e. The minimum absolute atomic E-state index is 0.0825. The maximum atomic E-state index is 12.1. The first-order valence-electron chi connectivity index (χ1n) is 5.01. The van der Waals surface area contributed by atoms with Gasteiger partial charge in [0, 0.05) is 0 Å². The van der Waals surface area contributed by atoms with E-state index < -0.39 is 19.7 Å². The number of hydrogen-bond donors (Lipinski definition) is 2. The number of para-hydroxylation sites is 2. The molecule has 2 rings (SSSR count). The Balaban J connectivity index is 2.39. The fraction of sp³-hybridized carbons (Fsp3) is 0. The van der Waals surface area contributed by atoms with Gasteiger partial charge in [-0.15, -0.1) is 0 Å². The van der Waals surface area contributed by atoms with Crippen molar-refractivity contribution in [2.24, 2.45) is 0 Å². The Labute approximate surface area is 108 Å². The van der Waals surface area contributed by atoms with Crippen LogP contribution in [-0.4, -0.2) is 18.6 Å². The molecule has 0 radical (unpaired) electrons. The normalized spacial score (nSPS) is 14.0. The van der Waals surface area contributed by atoms with Gasteiger partial charge in [0.1, 0.15) is 11.5 Å². The van der Waals surface area contributed by atoms with E-state index in [4.69, 9.17) is 0 Å². The molecule has 0 heterocycles. The molecule has 0 aromatic heterocycles. The Morgan fingerprint density at radius 1 is 0.667 bits per heavy atom. The molecule has 0 saturated carbocycles. The third-order valence-corrected chi connectivity index (χ3v) is 5.81. The Morgan fingerprint density at radius 3 is 1.33 bits per heavy atom.